The fourth-order valence-electron chi connectivity index (χ4n) is 2.44. The highest BCUT2D eigenvalue weighted by atomic mass is 32.1. The maximum absolute atomic E-state index is 13.1. The predicted octanol–water partition coefficient (Wildman–Crippen LogP) is 5.03. The number of aromatic nitrogens is 3. The lowest BCUT2D eigenvalue weighted by Gasteiger charge is -1.99. The molecule has 4 aromatic rings. The zero-order chi connectivity index (χ0) is 18.8. The van der Waals surface area contributed by atoms with Crippen molar-refractivity contribution < 1.29 is 9.18 Å². The van der Waals surface area contributed by atoms with Crippen LogP contribution in [0, 0.1) is 12.7 Å². The van der Waals surface area contributed by atoms with Crippen molar-refractivity contribution in [2.75, 3.05) is 5.32 Å². The Balaban J connectivity index is 1.54. The number of amides is 1. The van der Waals surface area contributed by atoms with Gasteiger partial charge in [0.25, 0.3) is 5.91 Å². The van der Waals surface area contributed by atoms with E-state index in [0.29, 0.717) is 26.4 Å². The highest BCUT2D eigenvalue weighted by molar-refractivity contribution is 7.17. The summed E-state index contributed by atoms with van der Waals surface area (Å²) in [6.45, 7) is 1.78. The molecule has 0 unspecified atom stereocenters. The number of hydrogen-bond acceptors (Lipinski definition) is 6. The molecule has 0 atom stereocenters. The number of pyridine rings is 1. The second-order valence-electron chi connectivity index (χ2n) is 5.65. The molecule has 1 aromatic carbocycles. The number of aryl methyl sites for hydroxylation is 1. The Bertz CT molecular complexity index is 1090. The number of nitrogens with zero attached hydrogens (tertiary/aromatic N) is 3. The zero-order valence-electron chi connectivity index (χ0n) is 14.1. The summed E-state index contributed by atoms with van der Waals surface area (Å²) in [5, 5.41) is 5.83. The Morgan fingerprint density at radius 2 is 1.89 bits per heavy atom. The van der Waals surface area contributed by atoms with Gasteiger partial charge in [0.1, 0.15) is 21.4 Å². The second-order valence-corrected chi connectivity index (χ2v) is 7.50. The van der Waals surface area contributed by atoms with Crippen LogP contribution in [0.4, 0.5) is 9.52 Å². The number of hydrogen-bond donors (Lipinski definition) is 1. The van der Waals surface area contributed by atoms with Crippen LogP contribution >= 0.6 is 22.7 Å². The molecule has 0 aliphatic carbocycles. The van der Waals surface area contributed by atoms with E-state index in [1.165, 1.54) is 34.8 Å². The van der Waals surface area contributed by atoms with Crippen molar-refractivity contribution in [1.82, 2.24) is 15.0 Å². The molecule has 0 aliphatic heterocycles. The summed E-state index contributed by atoms with van der Waals surface area (Å²) in [5.41, 5.74) is 2.86. The SMILES string of the molecule is Cc1nc(-c2ccc(F)cc2)sc1C(=O)Nc1nc(-c2ccccn2)cs1. The molecule has 0 bridgehead atoms. The number of carbonyl (C=O) groups excluding carboxylic acids is 1. The molecule has 5 nitrogen and oxygen atoms in total. The van der Waals surface area contributed by atoms with Gasteiger partial charge in [-0.25, -0.2) is 14.4 Å². The quantitative estimate of drug-likeness (QED) is 0.525. The van der Waals surface area contributed by atoms with E-state index in [0.717, 1.165) is 11.3 Å². The molecule has 4 rings (SSSR count). The summed E-state index contributed by atoms with van der Waals surface area (Å²) in [6.07, 6.45) is 1.70. The molecule has 3 heterocycles. The van der Waals surface area contributed by atoms with Crippen LogP contribution < -0.4 is 5.32 Å². The predicted molar refractivity (Wildman–Crippen MR) is 106 cm³/mol. The molecular formula is C19H13FN4OS2. The molecule has 0 fully saturated rings. The summed E-state index contributed by atoms with van der Waals surface area (Å²) in [4.78, 5) is 26.2. The van der Waals surface area contributed by atoms with Gasteiger partial charge in [-0.2, -0.15) is 0 Å². The van der Waals surface area contributed by atoms with Crippen molar-refractivity contribution in [3.05, 3.63) is 70.4 Å². The zero-order valence-corrected chi connectivity index (χ0v) is 15.8. The van der Waals surface area contributed by atoms with Crippen LogP contribution in [0.1, 0.15) is 15.4 Å². The topological polar surface area (TPSA) is 67.8 Å². The largest absolute Gasteiger partial charge is 0.297 e. The first-order valence-electron chi connectivity index (χ1n) is 8.02. The van der Waals surface area contributed by atoms with Gasteiger partial charge in [-0.05, 0) is 43.3 Å². The minimum absolute atomic E-state index is 0.264. The van der Waals surface area contributed by atoms with Gasteiger partial charge in [0.2, 0.25) is 0 Å². The Morgan fingerprint density at radius 1 is 1.07 bits per heavy atom. The molecule has 3 aromatic heterocycles. The Hall–Kier alpha value is -2.97. The Morgan fingerprint density at radius 3 is 2.63 bits per heavy atom. The molecule has 0 aliphatic rings. The number of benzene rings is 1. The molecule has 0 spiro atoms. The van der Waals surface area contributed by atoms with E-state index < -0.39 is 0 Å². The van der Waals surface area contributed by atoms with Crippen molar-refractivity contribution >= 4 is 33.7 Å². The Labute approximate surface area is 162 Å². The lowest BCUT2D eigenvalue weighted by Crippen LogP contribution is -2.11. The fourth-order valence-corrected chi connectivity index (χ4v) is 4.11. The first-order chi connectivity index (χ1) is 13.1. The summed E-state index contributed by atoms with van der Waals surface area (Å²) in [5.74, 6) is -0.572. The molecule has 27 heavy (non-hydrogen) atoms. The lowest BCUT2D eigenvalue weighted by atomic mass is 10.2. The van der Waals surface area contributed by atoms with Crippen LogP contribution in [-0.4, -0.2) is 20.9 Å². The third-order valence-corrected chi connectivity index (χ3v) is 5.71. The van der Waals surface area contributed by atoms with Gasteiger partial charge in [0.05, 0.1) is 11.4 Å². The van der Waals surface area contributed by atoms with Gasteiger partial charge in [-0.1, -0.05) is 6.07 Å². The summed E-state index contributed by atoms with van der Waals surface area (Å²) in [7, 11) is 0. The van der Waals surface area contributed by atoms with E-state index in [1.54, 1.807) is 25.3 Å². The number of anilines is 1. The Kier molecular flexibility index (Phi) is 4.74. The number of thiazole rings is 2. The first kappa shape index (κ1) is 17.4. The minimum Gasteiger partial charge on any atom is -0.297 e. The van der Waals surface area contributed by atoms with Crippen LogP contribution in [-0.2, 0) is 0 Å². The van der Waals surface area contributed by atoms with Crippen molar-refractivity contribution in [3.8, 4) is 22.0 Å². The maximum atomic E-state index is 13.1. The van der Waals surface area contributed by atoms with Gasteiger partial charge in [-0.15, -0.1) is 22.7 Å². The van der Waals surface area contributed by atoms with Crippen LogP contribution in [0.3, 0.4) is 0 Å². The molecule has 0 saturated carbocycles. The van der Waals surface area contributed by atoms with E-state index in [2.05, 4.69) is 20.3 Å². The van der Waals surface area contributed by atoms with Gasteiger partial charge in [-0.3, -0.25) is 15.1 Å². The van der Waals surface area contributed by atoms with Gasteiger partial charge in [0.15, 0.2) is 5.13 Å². The van der Waals surface area contributed by atoms with Crippen molar-refractivity contribution in [1.29, 1.82) is 0 Å². The van der Waals surface area contributed by atoms with Crippen molar-refractivity contribution in [2.45, 2.75) is 6.92 Å². The van der Waals surface area contributed by atoms with Crippen molar-refractivity contribution in [2.24, 2.45) is 0 Å². The average molecular weight is 396 g/mol. The summed E-state index contributed by atoms with van der Waals surface area (Å²) in [6, 6.07) is 11.6. The first-order valence-corrected chi connectivity index (χ1v) is 9.71. The lowest BCUT2D eigenvalue weighted by molar-refractivity contribution is 0.103. The van der Waals surface area contributed by atoms with Gasteiger partial charge >= 0.3 is 0 Å². The standard InChI is InChI=1S/C19H13FN4OS2/c1-11-16(27-18(22-11)12-5-7-13(20)8-6-12)17(25)24-19-23-15(10-26-19)14-4-2-3-9-21-14/h2-10H,1H3,(H,23,24,25). The second kappa shape index (κ2) is 7.34. The minimum atomic E-state index is -0.308. The number of halogens is 1. The molecule has 1 N–H and O–H groups in total. The number of carbonyl (C=O) groups is 1. The van der Waals surface area contributed by atoms with Crippen molar-refractivity contribution in [3.63, 3.8) is 0 Å². The number of nitrogens with one attached hydrogen (secondary N) is 1. The van der Waals surface area contributed by atoms with E-state index in [1.807, 2.05) is 23.6 Å². The molecule has 8 heteroatoms. The molecule has 134 valence electrons. The highest BCUT2D eigenvalue weighted by Gasteiger charge is 2.18. The third-order valence-electron chi connectivity index (χ3n) is 3.75. The highest BCUT2D eigenvalue weighted by Crippen LogP contribution is 2.29. The van der Waals surface area contributed by atoms with Gasteiger partial charge in [0, 0.05) is 17.1 Å². The smallest absolute Gasteiger partial charge is 0.269 e. The average Bonchev–Trinajstić information content (AvgIpc) is 3.30. The maximum Gasteiger partial charge on any atom is 0.269 e. The van der Waals surface area contributed by atoms with Crippen LogP contribution in [0.25, 0.3) is 22.0 Å². The van der Waals surface area contributed by atoms with Gasteiger partial charge < -0.3 is 0 Å². The van der Waals surface area contributed by atoms with Crippen LogP contribution in [0.5, 0.6) is 0 Å². The monoisotopic (exact) mass is 396 g/mol. The summed E-state index contributed by atoms with van der Waals surface area (Å²) >= 11 is 2.61. The fraction of sp³-hybridized carbons (Fsp3) is 0.0526. The molecular weight excluding hydrogens is 383 g/mol. The number of rotatable bonds is 4. The van der Waals surface area contributed by atoms with Crippen LogP contribution in [0.15, 0.2) is 54.0 Å². The van der Waals surface area contributed by atoms with E-state index in [-0.39, 0.29) is 11.7 Å². The van der Waals surface area contributed by atoms with Crippen LogP contribution in [0.2, 0.25) is 0 Å². The summed E-state index contributed by atoms with van der Waals surface area (Å²) < 4.78 is 13.1. The molecule has 0 radical (unpaired) electrons. The molecule has 0 saturated heterocycles. The van der Waals surface area contributed by atoms with E-state index in [9.17, 15) is 9.18 Å². The molecule has 1 amide bonds. The third kappa shape index (κ3) is 3.76. The van der Waals surface area contributed by atoms with E-state index >= 15 is 0 Å². The normalized spacial score (nSPS) is 10.7. The van der Waals surface area contributed by atoms with E-state index in [4.69, 9.17) is 0 Å².